The first-order valence-electron chi connectivity index (χ1n) is 6.15. The SMILES string of the molecule is CC(=O)c1cccc(NS(=O)(=O)c2c(N)nn(C)c2C)c1. The second-order valence-corrected chi connectivity index (χ2v) is 6.29. The quantitative estimate of drug-likeness (QED) is 0.828. The Balaban J connectivity index is 2.42. The van der Waals surface area contributed by atoms with Gasteiger partial charge in [0.25, 0.3) is 10.0 Å². The van der Waals surface area contributed by atoms with Crippen LogP contribution in [-0.2, 0) is 17.1 Å². The smallest absolute Gasteiger partial charge is 0.267 e. The molecule has 0 bridgehead atoms. The van der Waals surface area contributed by atoms with Crippen LogP contribution >= 0.6 is 0 Å². The molecule has 7 nitrogen and oxygen atoms in total. The second-order valence-electron chi connectivity index (χ2n) is 4.67. The number of rotatable bonds is 4. The lowest BCUT2D eigenvalue weighted by molar-refractivity contribution is 0.101. The molecule has 8 heteroatoms. The highest BCUT2D eigenvalue weighted by molar-refractivity contribution is 7.93. The number of sulfonamides is 1. The fourth-order valence-electron chi connectivity index (χ4n) is 1.95. The Morgan fingerprint density at radius 3 is 2.57 bits per heavy atom. The molecule has 0 saturated heterocycles. The summed E-state index contributed by atoms with van der Waals surface area (Å²) in [6, 6.07) is 6.26. The van der Waals surface area contributed by atoms with E-state index in [9.17, 15) is 13.2 Å². The van der Waals surface area contributed by atoms with Gasteiger partial charge in [-0.2, -0.15) is 5.10 Å². The second kappa shape index (κ2) is 5.21. The zero-order valence-electron chi connectivity index (χ0n) is 11.9. The lowest BCUT2D eigenvalue weighted by atomic mass is 10.1. The summed E-state index contributed by atoms with van der Waals surface area (Å²) in [5, 5.41) is 3.89. The number of nitrogens with two attached hydrogens (primary N) is 1. The summed E-state index contributed by atoms with van der Waals surface area (Å²) >= 11 is 0. The van der Waals surface area contributed by atoms with Gasteiger partial charge < -0.3 is 5.73 Å². The van der Waals surface area contributed by atoms with E-state index in [1.807, 2.05) is 0 Å². The minimum absolute atomic E-state index is 0.0572. The molecule has 2 aromatic rings. The number of nitrogen functional groups attached to an aromatic ring is 1. The summed E-state index contributed by atoms with van der Waals surface area (Å²) in [5.74, 6) is -0.210. The van der Waals surface area contributed by atoms with Crippen molar-refractivity contribution < 1.29 is 13.2 Å². The third-order valence-electron chi connectivity index (χ3n) is 3.09. The van der Waals surface area contributed by atoms with Gasteiger partial charge in [-0.05, 0) is 26.0 Å². The zero-order valence-corrected chi connectivity index (χ0v) is 12.7. The highest BCUT2D eigenvalue weighted by atomic mass is 32.2. The van der Waals surface area contributed by atoms with Gasteiger partial charge in [-0.15, -0.1) is 0 Å². The maximum atomic E-state index is 12.4. The van der Waals surface area contributed by atoms with Gasteiger partial charge in [-0.1, -0.05) is 12.1 Å². The van der Waals surface area contributed by atoms with E-state index in [0.29, 0.717) is 16.9 Å². The van der Waals surface area contributed by atoms with Crippen LogP contribution in [0.25, 0.3) is 0 Å². The maximum Gasteiger partial charge on any atom is 0.267 e. The average molecular weight is 308 g/mol. The van der Waals surface area contributed by atoms with Gasteiger partial charge >= 0.3 is 0 Å². The van der Waals surface area contributed by atoms with Crippen LogP contribution in [0.2, 0.25) is 0 Å². The van der Waals surface area contributed by atoms with Crippen molar-refractivity contribution in [1.29, 1.82) is 0 Å². The number of aryl methyl sites for hydroxylation is 1. The number of anilines is 2. The minimum Gasteiger partial charge on any atom is -0.381 e. The predicted molar refractivity (Wildman–Crippen MR) is 79.6 cm³/mol. The number of benzene rings is 1. The van der Waals surface area contributed by atoms with E-state index in [-0.39, 0.29) is 16.5 Å². The van der Waals surface area contributed by atoms with Crippen molar-refractivity contribution in [2.75, 3.05) is 10.5 Å². The molecular formula is C13H16N4O3S. The summed E-state index contributed by atoms with van der Waals surface area (Å²) < 4.78 is 28.6. The topological polar surface area (TPSA) is 107 Å². The molecular weight excluding hydrogens is 292 g/mol. The monoisotopic (exact) mass is 308 g/mol. The van der Waals surface area contributed by atoms with Crippen LogP contribution in [0.3, 0.4) is 0 Å². The third kappa shape index (κ3) is 2.89. The van der Waals surface area contributed by atoms with E-state index in [1.54, 1.807) is 32.2 Å². The molecule has 0 radical (unpaired) electrons. The van der Waals surface area contributed by atoms with E-state index < -0.39 is 10.0 Å². The van der Waals surface area contributed by atoms with Crippen LogP contribution in [0.5, 0.6) is 0 Å². The van der Waals surface area contributed by atoms with Crippen molar-refractivity contribution in [2.45, 2.75) is 18.7 Å². The molecule has 0 amide bonds. The summed E-state index contributed by atoms with van der Waals surface area (Å²) in [5.41, 5.74) is 6.81. The number of hydrogen-bond acceptors (Lipinski definition) is 5. The number of hydrogen-bond donors (Lipinski definition) is 2. The van der Waals surface area contributed by atoms with Crippen LogP contribution in [-0.4, -0.2) is 24.0 Å². The van der Waals surface area contributed by atoms with Crippen LogP contribution in [0.15, 0.2) is 29.2 Å². The Kier molecular flexibility index (Phi) is 3.73. The van der Waals surface area contributed by atoms with E-state index in [0.717, 1.165) is 0 Å². The molecule has 0 unspecified atom stereocenters. The van der Waals surface area contributed by atoms with E-state index in [1.165, 1.54) is 17.7 Å². The van der Waals surface area contributed by atoms with Crippen LogP contribution in [0.4, 0.5) is 11.5 Å². The highest BCUT2D eigenvalue weighted by Gasteiger charge is 2.24. The van der Waals surface area contributed by atoms with Crippen molar-refractivity contribution in [3.63, 3.8) is 0 Å². The molecule has 3 N–H and O–H groups in total. The van der Waals surface area contributed by atoms with Crippen molar-refractivity contribution in [3.05, 3.63) is 35.5 Å². The molecule has 0 aliphatic rings. The summed E-state index contributed by atoms with van der Waals surface area (Å²) in [6.45, 7) is 3.03. The minimum atomic E-state index is -3.87. The van der Waals surface area contributed by atoms with Crippen molar-refractivity contribution >= 4 is 27.3 Å². The van der Waals surface area contributed by atoms with Gasteiger partial charge in [-0.25, -0.2) is 8.42 Å². The molecule has 21 heavy (non-hydrogen) atoms. The lowest BCUT2D eigenvalue weighted by Gasteiger charge is -2.09. The first-order chi connectivity index (χ1) is 9.72. The molecule has 0 saturated carbocycles. The number of aromatic nitrogens is 2. The fraction of sp³-hybridized carbons (Fsp3) is 0.231. The van der Waals surface area contributed by atoms with Gasteiger partial charge in [-0.3, -0.25) is 14.2 Å². The predicted octanol–water partition coefficient (Wildman–Crippen LogP) is 1.31. The molecule has 1 heterocycles. The Hall–Kier alpha value is -2.35. The summed E-state index contributed by atoms with van der Waals surface area (Å²) in [7, 11) is -2.25. The Bertz CT molecular complexity index is 809. The van der Waals surface area contributed by atoms with E-state index >= 15 is 0 Å². The normalized spacial score (nSPS) is 11.4. The molecule has 1 aromatic heterocycles. The number of carbonyl (C=O) groups excluding carboxylic acids is 1. The molecule has 0 aliphatic heterocycles. The highest BCUT2D eigenvalue weighted by Crippen LogP contribution is 2.24. The Morgan fingerprint density at radius 1 is 1.38 bits per heavy atom. The van der Waals surface area contributed by atoms with Crippen LogP contribution in [0.1, 0.15) is 23.0 Å². The number of carbonyl (C=O) groups is 1. The van der Waals surface area contributed by atoms with Gasteiger partial charge in [0.05, 0.1) is 5.69 Å². The van der Waals surface area contributed by atoms with Crippen LogP contribution in [0, 0.1) is 6.92 Å². The van der Waals surface area contributed by atoms with Crippen molar-refractivity contribution in [3.8, 4) is 0 Å². The van der Waals surface area contributed by atoms with E-state index in [4.69, 9.17) is 5.73 Å². The van der Waals surface area contributed by atoms with Crippen molar-refractivity contribution in [1.82, 2.24) is 9.78 Å². The average Bonchev–Trinajstić information content (AvgIpc) is 2.63. The summed E-state index contributed by atoms with van der Waals surface area (Å²) in [4.78, 5) is 11.3. The summed E-state index contributed by atoms with van der Waals surface area (Å²) in [6.07, 6.45) is 0. The molecule has 0 atom stereocenters. The van der Waals surface area contributed by atoms with E-state index in [2.05, 4.69) is 9.82 Å². The van der Waals surface area contributed by atoms with Crippen LogP contribution < -0.4 is 10.5 Å². The third-order valence-corrected chi connectivity index (χ3v) is 4.64. The van der Waals surface area contributed by atoms with Gasteiger partial charge in [0.15, 0.2) is 16.5 Å². The number of Topliss-reactive ketones (excluding diaryl/α,β-unsaturated/α-hetero) is 1. The van der Waals surface area contributed by atoms with Gasteiger partial charge in [0, 0.05) is 18.3 Å². The first-order valence-corrected chi connectivity index (χ1v) is 7.63. The number of ketones is 1. The largest absolute Gasteiger partial charge is 0.381 e. The van der Waals surface area contributed by atoms with Gasteiger partial charge in [0.2, 0.25) is 0 Å². The first kappa shape index (κ1) is 15.0. The standard InChI is InChI=1S/C13H16N4O3S/c1-8-12(13(14)15-17(8)3)21(19,20)16-11-6-4-5-10(7-11)9(2)18/h4-7,16H,1-3H3,(H2,14,15). The lowest BCUT2D eigenvalue weighted by Crippen LogP contribution is -2.15. The fourth-order valence-corrected chi connectivity index (χ4v) is 3.33. The Morgan fingerprint density at radius 2 is 2.05 bits per heavy atom. The van der Waals surface area contributed by atoms with Crippen molar-refractivity contribution in [2.24, 2.45) is 7.05 Å². The molecule has 0 fully saturated rings. The Labute approximate surface area is 122 Å². The molecule has 0 spiro atoms. The van der Waals surface area contributed by atoms with Gasteiger partial charge in [0.1, 0.15) is 0 Å². The molecule has 0 aliphatic carbocycles. The number of nitrogens with zero attached hydrogens (tertiary/aromatic N) is 2. The molecule has 2 rings (SSSR count). The number of nitrogens with one attached hydrogen (secondary N) is 1. The zero-order chi connectivity index (χ0) is 15.8. The maximum absolute atomic E-state index is 12.4. The molecule has 1 aromatic carbocycles. The molecule has 112 valence electrons.